The van der Waals surface area contributed by atoms with Gasteiger partial charge >= 0.3 is 0 Å². The average molecular weight is 263 g/mol. The number of halogens is 1. The first-order valence-corrected chi connectivity index (χ1v) is 6.42. The molecule has 1 heterocycles. The van der Waals surface area contributed by atoms with Gasteiger partial charge in [0.25, 0.3) is 0 Å². The van der Waals surface area contributed by atoms with E-state index in [1.807, 2.05) is 13.8 Å². The van der Waals surface area contributed by atoms with Gasteiger partial charge in [-0.1, -0.05) is 12.1 Å². The summed E-state index contributed by atoms with van der Waals surface area (Å²) in [4.78, 5) is 13.9. The quantitative estimate of drug-likeness (QED) is 0.767. The second kappa shape index (κ2) is 5.97. The Morgan fingerprint density at radius 2 is 2.05 bits per heavy atom. The third-order valence-electron chi connectivity index (χ3n) is 3.18. The van der Waals surface area contributed by atoms with E-state index >= 15 is 0 Å². The number of carbonyl (C=O) groups is 1. The van der Waals surface area contributed by atoms with Crippen LogP contribution in [0.2, 0.25) is 0 Å². The minimum Gasteiger partial charge on any atom is -0.375 e. The first kappa shape index (κ1) is 13.7. The summed E-state index contributed by atoms with van der Waals surface area (Å²) >= 11 is 0. The number of ether oxygens (including phenoxy) is 1. The van der Waals surface area contributed by atoms with Crippen molar-refractivity contribution in [2.45, 2.75) is 26.0 Å². The van der Waals surface area contributed by atoms with Crippen molar-refractivity contribution in [3.05, 3.63) is 41.7 Å². The molecule has 0 aliphatic carbocycles. The fourth-order valence-electron chi connectivity index (χ4n) is 2.05. The number of hydrogen-bond donors (Lipinski definition) is 0. The van der Waals surface area contributed by atoms with Crippen molar-refractivity contribution >= 4 is 12.0 Å². The van der Waals surface area contributed by atoms with Crippen LogP contribution in [-0.2, 0) is 9.53 Å². The van der Waals surface area contributed by atoms with Crippen LogP contribution in [0.5, 0.6) is 0 Å². The zero-order chi connectivity index (χ0) is 13.8. The van der Waals surface area contributed by atoms with E-state index in [0.717, 1.165) is 5.56 Å². The molecule has 2 unspecified atom stereocenters. The first-order chi connectivity index (χ1) is 9.06. The number of rotatable bonds is 2. The summed E-state index contributed by atoms with van der Waals surface area (Å²) < 4.78 is 18.2. The molecule has 2 rings (SSSR count). The molecule has 2 atom stereocenters. The van der Waals surface area contributed by atoms with E-state index in [-0.39, 0.29) is 23.9 Å². The Kier molecular flexibility index (Phi) is 4.32. The van der Waals surface area contributed by atoms with E-state index in [9.17, 15) is 9.18 Å². The molecule has 0 radical (unpaired) electrons. The van der Waals surface area contributed by atoms with Gasteiger partial charge in [0.15, 0.2) is 0 Å². The second-order valence-electron chi connectivity index (χ2n) is 4.87. The Morgan fingerprint density at radius 3 is 2.74 bits per heavy atom. The van der Waals surface area contributed by atoms with E-state index in [4.69, 9.17) is 4.74 Å². The summed E-state index contributed by atoms with van der Waals surface area (Å²) in [5, 5.41) is 0. The van der Waals surface area contributed by atoms with E-state index in [2.05, 4.69) is 0 Å². The van der Waals surface area contributed by atoms with Crippen LogP contribution in [0.4, 0.5) is 4.39 Å². The van der Waals surface area contributed by atoms with Gasteiger partial charge in [-0.15, -0.1) is 0 Å². The number of benzene rings is 1. The van der Waals surface area contributed by atoms with Gasteiger partial charge in [0.2, 0.25) is 5.91 Å². The largest absolute Gasteiger partial charge is 0.375 e. The van der Waals surface area contributed by atoms with E-state index < -0.39 is 0 Å². The Bertz CT molecular complexity index is 470. The van der Waals surface area contributed by atoms with Crippen LogP contribution < -0.4 is 0 Å². The summed E-state index contributed by atoms with van der Waals surface area (Å²) in [6.45, 7) is 5.09. The molecule has 0 N–H and O–H groups in total. The Labute approximate surface area is 112 Å². The molecule has 0 spiro atoms. The van der Waals surface area contributed by atoms with Gasteiger partial charge in [-0.05, 0) is 37.6 Å². The van der Waals surface area contributed by atoms with Crippen molar-refractivity contribution in [1.29, 1.82) is 0 Å². The van der Waals surface area contributed by atoms with Crippen LogP contribution in [0, 0.1) is 5.82 Å². The zero-order valence-corrected chi connectivity index (χ0v) is 11.2. The lowest BCUT2D eigenvalue weighted by atomic mass is 10.1. The Morgan fingerprint density at radius 1 is 1.37 bits per heavy atom. The number of amides is 1. The lowest BCUT2D eigenvalue weighted by Gasteiger charge is -2.36. The summed E-state index contributed by atoms with van der Waals surface area (Å²) in [6, 6.07) is 6.13. The molecular weight excluding hydrogens is 245 g/mol. The van der Waals surface area contributed by atoms with Crippen LogP contribution in [0.1, 0.15) is 19.4 Å². The van der Waals surface area contributed by atoms with Gasteiger partial charge in [-0.25, -0.2) is 4.39 Å². The smallest absolute Gasteiger partial charge is 0.246 e. The molecule has 1 aromatic carbocycles. The van der Waals surface area contributed by atoms with Crippen LogP contribution in [0.25, 0.3) is 6.08 Å². The van der Waals surface area contributed by atoms with Crippen LogP contribution in [0.15, 0.2) is 30.3 Å². The lowest BCUT2D eigenvalue weighted by molar-refractivity contribution is -0.137. The lowest BCUT2D eigenvalue weighted by Crippen LogP contribution is -2.49. The van der Waals surface area contributed by atoms with Gasteiger partial charge in [0, 0.05) is 12.6 Å². The SMILES string of the molecule is CC1CN(C(=O)C=Cc2ccc(F)cc2)C(C)CO1. The van der Waals surface area contributed by atoms with Crippen molar-refractivity contribution in [2.24, 2.45) is 0 Å². The normalized spacial score (nSPS) is 23.8. The van der Waals surface area contributed by atoms with Crippen LogP contribution in [-0.4, -0.2) is 36.1 Å². The molecule has 1 amide bonds. The maximum absolute atomic E-state index is 12.8. The summed E-state index contributed by atoms with van der Waals surface area (Å²) in [5.41, 5.74) is 0.809. The van der Waals surface area contributed by atoms with Gasteiger partial charge in [0.05, 0.1) is 18.8 Å². The first-order valence-electron chi connectivity index (χ1n) is 6.42. The minimum absolute atomic E-state index is 0.0352. The highest BCUT2D eigenvalue weighted by Crippen LogP contribution is 2.12. The molecule has 19 heavy (non-hydrogen) atoms. The van der Waals surface area contributed by atoms with Crippen molar-refractivity contribution in [3.8, 4) is 0 Å². The molecule has 4 heteroatoms. The second-order valence-corrected chi connectivity index (χ2v) is 4.87. The van der Waals surface area contributed by atoms with Gasteiger partial charge < -0.3 is 9.64 Å². The Balaban J connectivity index is 2.01. The van der Waals surface area contributed by atoms with E-state index in [1.54, 1.807) is 23.1 Å². The van der Waals surface area contributed by atoms with Crippen LogP contribution in [0.3, 0.4) is 0 Å². The van der Waals surface area contributed by atoms with Crippen molar-refractivity contribution in [1.82, 2.24) is 4.90 Å². The minimum atomic E-state index is -0.279. The van der Waals surface area contributed by atoms with Crippen LogP contribution >= 0.6 is 0 Å². The van der Waals surface area contributed by atoms with Gasteiger partial charge in [-0.3, -0.25) is 4.79 Å². The highest BCUT2D eigenvalue weighted by Gasteiger charge is 2.25. The number of hydrogen-bond acceptors (Lipinski definition) is 2. The van der Waals surface area contributed by atoms with E-state index in [1.165, 1.54) is 18.2 Å². The molecule has 1 aliphatic rings. The highest BCUT2D eigenvalue weighted by atomic mass is 19.1. The van der Waals surface area contributed by atoms with Crippen molar-refractivity contribution in [2.75, 3.05) is 13.2 Å². The Hall–Kier alpha value is -1.68. The van der Waals surface area contributed by atoms with Crippen molar-refractivity contribution in [3.63, 3.8) is 0 Å². The molecule has 0 saturated carbocycles. The fourth-order valence-corrected chi connectivity index (χ4v) is 2.05. The predicted octanol–water partition coefficient (Wildman–Crippen LogP) is 2.47. The molecular formula is C15H18FNO2. The molecule has 0 aromatic heterocycles. The maximum Gasteiger partial charge on any atom is 0.246 e. The molecule has 0 bridgehead atoms. The van der Waals surface area contributed by atoms with Gasteiger partial charge in [0.1, 0.15) is 5.82 Å². The standard InChI is InChI=1S/C15H18FNO2/c1-11-10-19-12(2)9-17(11)15(18)8-5-13-3-6-14(16)7-4-13/h3-8,11-12H,9-10H2,1-2H3. The molecule has 102 valence electrons. The molecule has 1 fully saturated rings. The van der Waals surface area contributed by atoms with E-state index in [0.29, 0.717) is 13.2 Å². The molecule has 3 nitrogen and oxygen atoms in total. The highest BCUT2D eigenvalue weighted by molar-refractivity contribution is 5.92. The maximum atomic E-state index is 12.8. The third-order valence-corrected chi connectivity index (χ3v) is 3.18. The number of morpholine rings is 1. The molecule has 1 aliphatic heterocycles. The molecule has 1 saturated heterocycles. The topological polar surface area (TPSA) is 29.5 Å². The molecule has 1 aromatic rings. The summed E-state index contributed by atoms with van der Waals surface area (Å²) in [6.07, 6.45) is 3.30. The average Bonchev–Trinajstić information content (AvgIpc) is 2.40. The van der Waals surface area contributed by atoms with Crippen molar-refractivity contribution < 1.29 is 13.9 Å². The number of nitrogens with zero attached hydrogens (tertiary/aromatic N) is 1. The fraction of sp³-hybridized carbons (Fsp3) is 0.400. The monoisotopic (exact) mass is 263 g/mol. The van der Waals surface area contributed by atoms with Gasteiger partial charge in [-0.2, -0.15) is 0 Å². The predicted molar refractivity (Wildman–Crippen MR) is 72.0 cm³/mol. The third kappa shape index (κ3) is 3.64. The summed E-state index contributed by atoms with van der Waals surface area (Å²) in [5.74, 6) is -0.314. The number of carbonyl (C=O) groups excluding carboxylic acids is 1. The summed E-state index contributed by atoms with van der Waals surface area (Å²) in [7, 11) is 0. The zero-order valence-electron chi connectivity index (χ0n) is 11.2.